The van der Waals surface area contributed by atoms with Gasteiger partial charge in [0.2, 0.25) is 0 Å². The van der Waals surface area contributed by atoms with Crippen molar-refractivity contribution >= 4 is 33.4 Å². The zero-order chi connectivity index (χ0) is 12.5. The predicted molar refractivity (Wildman–Crippen MR) is 51.6 cm³/mol. The van der Waals surface area contributed by atoms with Gasteiger partial charge in [-0.15, -0.1) is 0 Å². The molecule has 0 radical (unpaired) electrons. The lowest BCUT2D eigenvalue weighted by molar-refractivity contribution is -0.255. The van der Waals surface area contributed by atoms with E-state index >= 15 is 0 Å². The SMILES string of the molecule is NNc1cc(S(=O)(=O)[O-])cc(C(=O)[O-])c1Cl. The second kappa shape index (κ2) is 4.26. The van der Waals surface area contributed by atoms with Crippen molar-refractivity contribution < 1.29 is 22.9 Å². The van der Waals surface area contributed by atoms with Gasteiger partial charge in [0.25, 0.3) is 0 Å². The maximum absolute atomic E-state index is 10.7. The van der Waals surface area contributed by atoms with Crippen LogP contribution in [-0.4, -0.2) is 18.9 Å². The van der Waals surface area contributed by atoms with E-state index in [0.29, 0.717) is 6.07 Å². The molecule has 0 aliphatic rings. The maximum Gasteiger partial charge on any atom is 0.124 e. The third kappa shape index (κ3) is 2.42. The Morgan fingerprint density at radius 2 is 2.00 bits per heavy atom. The fourth-order valence-electron chi connectivity index (χ4n) is 0.996. The van der Waals surface area contributed by atoms with Crippen LogP contribution in [0.25, 0.3) is 0 Å². The Morgan fingerprint density at radius 3 is 2.38 bits per heavy atom. The highest BCUT2D eigenvalue weighted by molar-refractivity contribution is 7.85. The number of nitrogens with two attached hydrogens (primary N) is 1. The van der Waals surface area contributed by atoms with E-state index in [1.165, 1.54) is 0 Å². The molecule has 9 heteroatoms. The summed E-state index contributed by atoms with van der Waals surface area (Å²) in [6, 6.07) is 1.44. The average molecular weight is 265 g/mol. The zero-order valence-electron chi connectivity index (χ0n) is 7.56. The Morgan fingerprint density at radius 1 is 1.44 bits per heavy atom. The zero-order valence-corrected chi connectivity index (χ0v) is 9.13. The van der Waals surface area contributed by atoms with Crippen LogP contribution in [0.5, 0.6) is 0 Å². The molecular formula is C7H5ClN2O5S-2. The molecule has 0 aromatic heterocycles. The molecule has 0 saturated heterocycles. The average Bonchev–Trinajstić information content (AvgIpc) is 2.15. The number of hydrazine groups is 1. The molecule has 0 atom stereocenters. The van der Waals surface area contributed by atoms with Crippen molar-refractivity contribution in [3.05, 3.63) is 22.7 Å². The van der Waals surface area contributed by atoms with E-state index in [1.54, 1.807) is 0 Å². The lowest BCUT2D eigenvalue weighted by atomic mass is 10.2. The molecule has 1 rings (SSSR count). The highest BCUT2D eigenvalue weighted by atomic mass is 35.5. The van der Waals surface area contributed by atoms with E-state index in [9.17, 15) is 22.9 Å². The van der Waals surface area contributed by atoms with Crippen molar-refractivity contribution in [3.63, 3.8) is 0 Å². The highest BCUT2D eigenvalue weighted by Crippen LogP contribution is 2.28. The number of carbonyl (C=O) groups is 1. The number of carbonyl (C=O) groups excluding carboxylic acids is 1. The van der Waals surface area contributed by atoms with Crippen LogP contribution in [-0.2, 0) is 10.1 Å². The second-order valence-electron chi connectivity index (χ2n) is 2.72. The van der Waals surface area contributed by atoms with Gasteiger partial charge in [-0.25, -0.2) is 8.42 Å². The van der Waals surface area contributed by atoms with Crippen molar-refractivity contribution in [3.8, 4) is 0 Å². The Bertz CT molecular complexity index is 542. The smallest absolute Gasteiger partial charge is 0.124 e. The van der Waals surface area contributed by atoms with Crippen LogP contribution in [0.1, 0.15) is 10.4 Å². The number of nitrogen functional groups attached to an aromatic ring is 1. The summed E-state index contributed by atoms with van der Waals surface area (Å²) in [6.45, 7) is 0. The molecule has 1 aromatic rings. The summed E-state index contributed by atoms with van der Waals surface area (Å²) in [7, 11) is -4.80. The van der Waals surface area contributed by atoms with Gasteiger partial charge in [0.15, 0.2) is 0 Å². The van der Waals surface area contributed by atoms with Gasteiger partial charge < -0.3 is 19.9 Å². The van der Waals surface area contributed by atoms with E-state index in [0.717, 1.165) is 6.07 Å². The molecule has 3 N–H and O–H groups in total. The van der Waals surface area contributed by atoms with Crippen LogP contribution in [0.4, 0.5) is 5.69 Å². The minimum Gasteiger partial charge on any atom is -0.744 e. The van der Waals surface area contributed by atoms with Crippen molar-refractivity contribution in [2.75, 3.05) is 5.43 Å². The van der Waals surface area contributed by atoms with Crippen LogP contribution in [0.15, 0.2) is 17.0 Å². The third-order valence-electron chi connectivity index (χ3n) is 1.71. The van der Waals surface area contributed by atoms with Crippen molar-refractivity contribution in [1.82, 2.24) is 0 Å². The van der Waals surface area contributed by atoms with Gasteiger partial charge in [-0.1, -0.05) is 11.6 Å². The molecule has 0 saturated carbocycles. The summed E-state index contributed by atoms with van der Waals surface area (Å²) >= 11 is 5.57. The lowest BCUT2D eigenvalue weighted by Gasteiger charge is -2.14. The normalized spacial score (nSPS) is 11.2. The first-order valence-electron chi connectivity index (χ1n) is 3.74. The van der Waals surface area contributed by atoms with Crippen LogP contribution < -0.4 is 16.4 Å². The molecule has 0 amide bonds. The molecule has 0 aliphatic carbocycles. The van der Waals surface area contributed by atoms with Gasteiger partial charge in [-0.05, 0) is 12.1 Å². The summed E-state index contributed by atoms with van der Waals surface area (Å²) in [6.07, 6.45) is 0. The van der Waals surface area contributed by atoms with Gasteiger partial charge in [0.1, 0.15) is 10.1 Å². The van der Waals surface area contributed by atoms with Crippen molar-refractivity contribution in [2.24, 2.45) is 5.84 Å². The Labute approximate surface area is 95.5 Å². The summed E-state index contributed by atoms with van der Waals surface area (Å²) in [5, 5.41) is 10.3. The number of hydrogen-bond donors (Lipinski definition) is 2. The molecule has 88 valence electrons. The number of anilines is 1. The lowest BCUT2D eigenvalue weighted by Crippen LogP contribution is -2.24. The first-order chi connectivity index (χ1) is 7.27. The van der Waals surface area contributed by atoms with E-state index in [-0.39, 0.29) is 10.7 Å². The monoisotopic (exact) mass is 264 g/mol. The Hall–Kier alpha value is -1.35. The number of nitrogens with one attached hydrogen (secondary N) is 1. The van der Waals surface area contributed by atoms with E-state index < -0.39 is 26.5 Å². The first kappa shape index (κ1) is 12.7. The molecule has 0 heterocycles. The van der Waals surface area contributed by atoms with Gasteiger partial charge in [0.05, 0.1) is 21.6 Å². The van der Waals surface area contributed by atoms with Crippen LogP contribution in [0.3, 0.4) is 0 Å². The molecule has 7 nitrogen and oxygen atoms in total. The first-order valence-corrected chi connectivity index (χ1v) is 5.53. The summed E-state index contributed by atoms with van der Waals surface area (Å²) in [5.41, 5.74) is 1.15. The van der Waals surface area contributed by atoms with Crippen LogP contribution in [0, 0.1) is 0 Å². The van der Waals surface area contributed by atoms with Gasteiger partial charge in [-0.3, -0.25) is 5.84 Å². The minimum absolute atomic E-state index is 0.196. The maximum atomic E-state index is 10.7. The van der Waals surface area contributed by atoms with Crippen molar-refractivity contribution in [1.29, 1.82) is 0 Å². The third-order valence-corrected chi connectivity index (χ3v) is 2.93. The number of aromatic carboxylic acids is 1. The number of carboxylic acid groups (broad SMARTS) is 1. The fraction of sp³-hybridized carbons (Fsp3) is 0. The number of carboxylic acids is 1. The van der Waals surface area contributed by atoms with Crippen LogP contribution in [0.2, 0.25) is 5.02 Å². The largest absolute Gasteiger partial charge is 0.744 e. The minimum atomic E-state index is -4.80. The Balaban J connectivity index is 3.59. The molecule has 0 aliphatic heterocycles. The topological polar surface area (TPSA) is 135 Å². The predicted octanol–water partition coefficient (Wildman–Crippen LogP) is -1.11. The quantitative estimate of drug-likeness (QED) is 0.401. The molecular weight excluding hydrogens is 260 g/mol. The van der Waals surface area contributed by atoms with E-state index in [4.69, 9.17) is 17.4 Å². The fourth-order valence-corrected chi connectivity index (χ4v) is 1.76. The van der Waals surface area contributed by atoms with E-state index in [2.05, 4.69) is 0 Å². The molecule has 0 spiro atoms. The molecule has 0 unspecified atom stereocenters. The van der Waals surface area contributed by atoms with Gasteiger partial charge >= 0.3 is 0 Å². The molecule has 16 heavy (non-hydrogen) atoms. The number of benzene rings is 1. The summed E-state index contributed by atoms with van der Waals surface area (Å²) in [5.74, 6) is 3.27. The van der Waals surface area contributed by atoms with E-state index in [1.807, 2.05) is 5.43 Å². The second-order valence-corrected chi connectivity index (χ2v) is 4.48. The summed E-state index contributed by atoms with van der Waals surface area (Å²) in [4.78, 5) is 9.85. The Kier molecular flexibility index (Phi) is 3.38. The standard InChI is InChI=1S/C7H7ClN2O5S/c8-6-4(7(11)12)1-3(16(13,14)15)2-5(6)10-9/h1-2,10H,9H2,(H,11,12)(H,13,14,15)/p-2. The number of rotatable bonds is 3. The highest BCUT2D eigenvalue weighted by Gasteiger charge is 2.12. The number of halogens is 1. The summed E-state index contributed by atoms with van der Waals surface area (Å²) < 4.78 is 32.1. The molecule has 0 fully saturated rings. The molecule has 0 bridgehead atoms. The van der Waals surface area contributed by atoms with Gasteiger partial charge in [0, 0.05) is 5.56 Å². The van der Waals surface area contributed by atoms with Gasteiger partial charge in [-0.2, -0.15) is 0 Å². The molecule has 1 aromatic carbocycles. The van der Waals surface area contributed by atoms with Crippen molar-refractivity contribution in [2.45, 2.75) is 4.90 Å². The van der Waals surface area contributed by atoms with Crippen LogP contribution >= 0.6 is 11.6 Å². The number of hydrogen-bond acceptors (Lipinski definition) is 7.